The molecule has 36 heavy (non-hydrogen) atoms. The molecule has 3 aromatic rings. The minimum absolute atomic E-state index is 0.0381. The third kappa shape index (κ3) is 7.82. The zero-order valence-electron chi connectivity index (χ0n) is 20.8. The van der Waals surface area contributed by atoms with Crippen LogP contribution < -0.4 is 5.32 Å². The number of aromatic nitrogens is 3. The highest BCUT2D eigenvalue weighted by Gasteiger charge is 2.30. The van der Waals surface area contributed by atoms with Crippen LogP contribution in [0.1, 0.15) is 57.0 Å². The SMILES string of the molecule is CC(C)(C)OC(=O)NC(Cc1nc(-c2cccc(-c3nc(C(=O)O)cs3)n2)cs1)C(=O)OC(C)(C)C. The van der Waals surface area contributed by atoms with Gasteiger partial charge in [0.1, 0.15) is 22.3 Å². The Bertz CT molecular complexity index is 1260. The number of carboxylic acids is 1. The van der Waals surface area contributed by atoms with Gasteiger partial charge >= 0.3 is 18.0 Å². The minimum atomic E-state index is -1.10. The van der Waals surface area contributed by atoms with Crippen molar-refractivity contribution in [2.24, 2.45) is 0 Å². The zero-order chi connectivity index (χ0) is 26.7. The van der Waals surface area contributed by atoms with Crippen molar-refractivity contribution >= 4 is 40.7 Å². The van der Waals surface area contributed by atoms with Crippen molar-refractivity contribution in [2.45, 2.75) is 65.2 Å². The average molecular weight is 533 g/mol. The topological polar surface area (TPSA) is 141 Å². The molecule has 0 spiro atoms. The zero-order valence-corrected chi connectivity index (χ0v) is 22.5. The molecule has 0 aromatic carbocycles. The summed E-state index contributed by atoms with van der Waals surface area (Å²) in [5.41, 5.74) is 0.167. The number of esters is 1. The summed E-state index contributed by atoms with van der Waals surface area (Å²) in [7, 11) is 0. The number of hydrogen-bond donors (Lipinski definition) is 2. The molecule has 12 heteroatoms. The van der Waals surface area contributed by atoms with Crippen LogP contribution in [0.15, 0.2) is 29.0 Å². The lowest BCUT2D eigenvalue weighted by Gasteiger charge is -2.26. The molecule has 10 nitrogen and oxygen atoms in total. The molecule has 0 aliphatic rings. The Morgan fingerprint density at radius 2 is 1.58 bits per heavy atom. The summed E-state index contributed by atoms with van der Waals surface area (Å²) < 4.78 is 10.8. The van der Waals surface area contributed by atoms with Gasteiger partial charge in [-0.1, -0.05) is 6.07 Å². The van der Waals surface area contributed by atoms with Crippen molar-refractivity contribution in [1.29, 1.82) is 0 Å². The van der Waals surface area contributed by atoms with E-state index in [2.05, 4.69) is 20.3 Å². The Morgan fingerprint density at radius 3 is 2.19 bits per heavy atom. The molecular weight excluding hydrogens is 504 g/mol. The van der Waals surface area contributed by atoms with Gasteiger partial charge in [-0.2, -0.15) is 0 Å². The summed E-state index contributed by atoms with van der Waals surface area (Å²) in [5, 5.41) is 16.0. The van der Waals surface area contributed by atoms with Gasteiger partial charge in [-0.15, -0.1) is 22.7 Å². The molecule has 3 rings (SSSR count). The van der Waals surface area contributed by atoms with Crippen LogP contribution in [0.2, 0.25) is 0 Å². The normalized spacial score (nSPS) is 12.6. The van der Waals surface area contributed by atoms with Crippen LogP contribution in [0.5, 0.6) is 0 Å². The van der Waals surface area contributed by atoms with E-state index in [1.54, 1.807) is 65.1 Å². The molecule has 192 valence electrons. The van der Waals surface area contributed by atoms with Crippen LogP contribution in [0.3, 0.4) is 0 Å². The number of nitrogens with zero attached hydrogens (tertiary/aromatic N) is 3. The van der Waals surface area contributed by atoms with Crippen LogP contribution in [0.25, 0.3) is 22.1 Å². The van der Waals surface area contributed by atoms with Crippen LogP contribution in [0, 0.1) is 0 Å². The van der Waals surface area contributed by atoms with Crippen molar-refractivity contribution in [3.63, 3.8) is 0 Å². The first-order valence-electron chi connectivity index (χ1n) is 11.0. The molecule has 0 saturated carbocycles. The van der Waals surface area contributed by atoms with E-state index < -0.39 is 35.3 Å². The number of aromatic carboxylic acids is 1. The Labute approximate surface area is 216 Å². The molecule has 3 heterocycles. The molecule has 1 unspecified atom stereocenters. The van der Waals surface area contributed by atoms with Crippen molar-refractivity contribution in [2.75, 3.05) is 0 Å². The fourth-order valence-corrected chi connectivity index (χ4v) is 4.50. The largest absolute Gasteiger partial charge is 0.476 e. The molecular formula is C24H28N4O6S2. The van der Waals surface area contributed by atoms with E-state index in [-0.39, 0.29) is 12.1 Å². The van der Waals surface area contributed by atoms with Crippen molar-refractivity contribution in [3.05, 3.63) is 39.7 Å². The lowest BCUT2D eigenvalue weighted by Crippen LogP contribution is -2.47. The summed E-state index contributed by atoms with van der Waals surface area (Å²) in [4.78, 5) is 49.6. The Kier molecular flexibility index (Phi) is 8.09. The van der Waals surface area contributed by atoms with Gasteiger partial charge in [0, 0.05) is 17.2 Å². The second-order valence-corrected chi connectivity index (χ2v) is 11.6. The fraction of sp³-hybridized carbons (Fsp3) is 0.417. The number of alkyl carbamates (subject to hydrolysis) is 1. The molecule has 0 saturated heterocycles. The van der Waals surface area contributed by atoms with E-state index in [1.807, 2.05) is 0 Å². The summed E-state index contributed by atoms with van der Waals surface area (Å²) in [6.45, 7) is 10.4. The lowest BCUT2D eigenvalue weighted by molar-refractivity contribution is -0.157. The van der Waals surface area contributed by atoms with Gasteiger partial charge in [0.2, 0.25) is 0 Å². The number of pyridine rings is 1. The van der Waals surface area contributed by atoms with Crippen molar-refractivity contribution in [3.8, 4) is 22.1 Å². The quantitative estimate of drug-likeness (QED) is 0.410. The van der Waals surface area contributed by atoms with Crippen LogP contribution in [0.4, 0.5) is 4.79 Å². The van der Waals surface area contributed by atoms with Gasteiger partial charge in [-0.05, 0) is 53.7 Å². The highest BCUT2D eigenvalue weighted by Crippen LogP contribution is 2.27. The smallest absolute Gasteiger partial charge is 0.408 e. The standard InChI is InChI=1S/C24H28N4O6S2/c1-23(2,3)33-21(31)15(28-22(32)34-24(4,5)6)10-18-26-16(11-35-18)13-8-7-9-14(25-13)19-27-17(12-36-19)20(29)30/h7-9,11-12,15H,10H2,1-6H3,(H,28,32)(H,29,30). The van der Waals surface area contributed by atoms with E-state index in [4.69, 9.17) is 14.6 Å². The van der Waals surface area contributed by atoms with Gasteiger partial charge in [0.05, 0.1) is 22.1 Å². The van der Waals surface area contributed by atoms with Gasteiger partial charge in [0.15, 0.2) is 5.69 Å². The number of amides is 1. The van der Waals surface area contributed by atoms with E-state index in [0.717, 1.165) is 0 Å². The first kappa shape index (κ1) is 27.2. The monoisotopic (exact) mass is 532 g/mol. The molecule has 2 N–H and O–H groups in total. The number of carbonyl (C=O) groups is 3. The molecule has 0 aliphatic heterocycles. The maximum Gasteiger partial charge on any atom is 0.408 e. The van der Waals surface area contributed by atoms with Gasteiger partial charge in [-0.3, -0.25) is 0 Å². The fourth-order valence-electron chi connectivity index (χ4n) is 2.90. The maximum atomic E-state index is 12.8. The molecule has 1 atom stereocenters. The maximum absolute atomic E-state index is 12.8. The Morgan fingerprint density at radius 1 is 0.917 bits per heavy atom. The molecule has 0 radical (unpaired) electrons. The number of thiazole rings is 2. The number of nitrogens with one attached hydrogen (secondary N) is 1. The van der Waals surface area contributed by atoms with E-state index in [9.17, 15) is 14.4 Å². The molecule has 0 aliphatic carbocycles. The number of ether oxygens (including phenoxy) is 2. The number of carbonyl (C=O) groups excluding carboxylic acids is 2. The third-order valence-electron chi connectivity index (χ3n) is 4.27. The molecule has 0 bridgehead atoms. The predicted octanol–water partition coefficient (Wildman–Crippen LogP) is 4.80. The van der Waals surface area contributed by atoms with Gasteiger partial charge < -0.3 is 19.9 Å². The second-order valence-electron chi connectivity index (χ2n) is 9.81. The molecule has 3 aromatic heterocycles. The van der Waals surface area contributed by atoms with Crippen molar-refractivity contribution < 1.29 is 29.0 Å². The minimum Gasteiger partial charge on any atom is -0.476 e. The lowest BCUT2D eigenvalue weighted by atomic mass is 10.1. The van der Waals surface area contributed by atoms with Crippen LogP contribution >= 0.6 is 22.7 Å². The number of rotatable bonds is 7. The Hall–Kier alpha value is -3.38. The van der Waals surface area contributed by atoms with Crippen LogP contribution in [-0.2, 0) is 20.7 Å². The highest BCUT2D eigenvalue weighted by molar-refractivity contribution is 7.13. The molecule has 1 amide bonds. The van der Waals surface area contributed by atoms with Gasteiger partial charge in [-0.25, -0.2) is 29.3 Å². The Balaban J connectivity index is 1.80. The van der Waals surface area contributed by atoms with Crippen molar-refractivity contribution in [1.82, 2.24) is 20.3 Å². The predicted molar refractivity (Wildman–Crippen MR) is 136 cm³/mol. The summed E-state index contributed by atoms with van der Waals surface area (Å²) in [6.07, 6.45) is -0.624. The molecule has 0 fully saturated rings. The summed E-state index contributed by atoms with van der Waals surface area (Å²) in [6, 6.07) is 4.30. The highest BCUT2D eigenvalue weighted by atomic mass is 32.1. The summed E-state index contributed by atoms with van der Waals surface area (Å²) in [5.74, 6) is -1.69. The van der Waals surface area contributed by atoms with E-state index >= 15 is 0 Å². The number of carboxylic acid groups (broad SMARTS) is 1. The van der Waals surface area contributed by atoms with E-state index in [0.29, 0.717) is 27.1 Å². The van der Waals surface area contributed by atoms with E-state index in [1.165, 1.54) is 28.1 Å². The average Bonchev–Trinajstić information content (AvgIpc) is 3.41. The van der Waals surface area contributed by atoms with Crippen LogP contribution in [-0.4, -0.2) is 55.3 Å². The third-order valence-corrected chi connectivity index (χ3v) is 6.00. The first-order valence-corrected chi connectivity index (χ1v) is 12.8. The first-order chi connectivity index (χ1) is 16.7. The van der Waals surface area contributed by atoms with Gasteiger partial charge in [0.25, 0.3) is 0 Å². The second kappa shape index (κ2) is 10.7. The summed E-state index contributed by atoms with van der Waals surface area (Å²) >= 11 is 2.51. The number of hydrogen-bond acceptors (Lipinski definition) is 10.